The van der Waals surface area contributed by atoms with Gasteiger partial charge in [-0.05, 0) is 59.0 Å². The fourth-order valence-electron chi connectivity index (χ4n) is 3.06. The Morgan fingerprint density at radius 2 is 2.15 bits per heavy atom. The Morgan fingerprint density at radius 1 is 1.40 bits per heavy atom. The smallest absolute Gasteiger partial charge is 0.325 e. The molecule has 0 bridgehead atoms. The van der Waals surface area contributed by atoms with E-state index >= 15 is 0 Å². The molecule has 0 aliphatic carbocycles. The molecule has 118 valence electrons. The maximum atomic E-state index is 11.8. The fourth-order valence-corrected chi connectivity index (χ4v) is 3.06. The second-order valence-electron chi connectivity index (χ2n) is 6.22. The molecule has 4 nitrogen and oxygen atoms in total. The molecule has 0 aromatic rings. The summed E-state index contributed by atoms with van der Waals surface area (Å²) in [5.41, 5.74) is 5.22. The number of hydrogen-bond donors (Lipinski definition) is 1. The van der Waals surface area contributed by atoms with Crippen LogP contribution in [0, 0.1) is 0 Å². The van der Waals surface area contributed by atoms with E-state index in [4.69, 9.17) is 10.5 Å². The fraction of sp³-hybridized carbons (Fsp3) is 0.938. The predicted octanol–water partition coefficient (Wildman–Crippen LogP) is 2.70. The van der Waals surface area contributed by atoms with Crippen LogP contribution >= 0.6 is 0 Å². The highest BCUT2D eigenvalue weighted by molar-refractivity contribution is 5.79. The molecule has 2 N–H and O–H groups in total. The summed E-state index contributed by atoms with van der Waals surface area (Å²) in [6.45, 7) is 8.50. The largest absolute Gasteiger partial charge is 0.465 e. The van der Waals surface area contributed by atoms with Crippen molar-refractivity contribution in [3.05, 3.63) is 0 Å². The number of hydrogen-bond acceptors (Lipinski definition) is 4. The van der Waals surface area contributed by atoms with E-state index in [1.165, 1.54) is 38.6 Å². The predicted molar refractivity (Wildman–Crippen MR) is 82.6 cm³/mol. The van der Waals surface area contributed by atoms with Crippen LogP contribution in [0.2, 0.25) is 0 Å². The monoisotopic (exact) mass is 284 g/mol. The Hall–Kier alpha value is -0.610. The van der Waals surface area contributed by atoms with Crippen LogP contribution in [0.15, 0.2) is 0 Å². The van der Waals surface area contributed by atoms with Crippen LogP contribution in [0.3, 0.4) is 0 Å². The van der Waals surface area contributed by atoms with Gasteiger partial charge in [0.15, 0.2) is 0 Å². The number of ether oxygens (including phenoxy) is 1. The highest BCUT2D eigenvalue weighted by Gasteiger charge is 2.30. The van der Waals surface area contributed by atoms with Crippen molar-refractivity contribution in [2.75, 3.05) is 19.7 Å². The zero-order valence-corrected chi connectivity index (χ0v) is 13.5. The number of carbonyl (C=O) groups is 1. The minimum Gasteiger partial charge on any atom is -0.465 e. The number of rotatable bonds is 8. The van der Waals surface area contributed by atoms with Crippen molar-refractivity contribution in [1.82, 2.24) is 4.90 Å². The minimum atomic E-state index is -0.841. The van der Waals surface area contributed by atoms with Gasteiger partial charge < -0.3 is 15.4 Å². The Kier molecular flexibility index (Phi) is 7.52. The SMILES string of the molecule is CCCC1CCCCN1CCCC(C)(N)C(=O)OCC. The van der Waals surface area contributed by atoms with E-state index in [0.717, 1.165) is 19.0 Å². The van der Waals surface area contributed by atoms with Gasteiger partial charge in [0.1, 0.15) is 5.54 Å². The zero-order valence-electron chi connectivity index (χ0n) is 13.5. The first-order chi connectivity index (χ1) is 9.51. The molecule has 0 radical (unpaired) electrons. The van der Waals surface area contributed by atoms with E-state index < -0.39 is 5.54 Å². The van der Waals surface area contributed by atoms with Crippen molar-refractivity contribution in [2.24, 2.45) is 5.73 Å². The maximum Gasteiger partial charge on any atom is 0.325 e. The summed E-state index contributed by atoms with van der Waals surface area (Å²) in [7, 11) is 0. The molecule has 1 rings (SSSR count). The average Bonchev–Trinajstić information content (AvgIpc) is 2.41. The van der Waals surface area contributed by atoms with Crippen molar-refractivity contribution in [1.29, 1.82) is 0 Å². The molecule has 1 aliphatic heterocycles. The van der Waals surface area contributed by atoms with Gasteiger partial charge in [-0.3, -0.25) is 4.79 Å². The number of esters is 1. The molecule has 0 aromatic heterocycles. The van der Waals surface area contributed by atoms with Gasteiger partial charge in [0.05, 0.1) is 6.61 Å². The van der Waals surface area contributed by atoms with Crippen molar-refractivity contribution in [3.63, 3.8) is 0 Å². The summed E-state index contributed by atoms with van der Waals surface area (Å²) in [5, 5.41) is 0. The lowest BCUT2D eigenvalue weighted by Gasteiger charge is -2.36. The lowest BCUT2D eigenvalue weighted by atomic mass is 9.95. The summed E-state index contributed by atoms with van der Waals surface area (Å²) < 4.78 is 5.03. The first kappa shape index (κ1) is 17.4. The van der Waals surface area contributed by atoms with Crippen molar-refractivity contribution >= 4 is 5.97 Å². The van der Waals surface area contributed by atoms with Crippen LogP contribution in [0.4, 0.5) is 0 Å². The summed E-state index contributed by atoms with van der Waals surface area (Å²) in [6, 6.07) is 0.736. The third-order valence-electron chi connectivity index (χ3n) is 4.25. The lowest BCUT2D eigenvalue weighted by molar-refractivity contribution is -0.149. The number of nitrogens with two attached hydrogens (primary N) is 1. The molecule has 1 aliphatic rings. The van der Waals surface area contributed by atoms with E-state index in [1.54, 1.807) is 6.92 Å². The van der Waals surface area contributed by atoms with Crippen molar-refractivity contribution in [3.8, 4) is 0 Å². The van der Waals surface area contributed by atoms with Crippen LogP contribution < -0.4 is 5.73 Å². The third kappa shape index (κ3) is 5.41. The van der Waals surface area contributed by atoms with E-state index in [9.17, 15) is 4.79 Å². The van der Waals surface area contributed by atoms with Crippen LogP contribution in [0.25, 0.3) is 0 Å². The molecule has 0 aromatic carbocycles. The Morgan fingerprint density at radius 3 is 2.80 bits per heavy atom. The summed E-state index contributed by atoms with van der Waals surface area (Å²) in [5.74, 6) is -0.274. The quantitative estimate of drug-likeness (QED) is 0.696. The molecule has 1 heterocycles. The highest BCUT2D eigenvalue weighted by atomic mass is 16.5. The lowest BCUT2D eigenvalue weighted by Crippen LogP contribution is -2.47. The van der Waals surface area contributed by atoms with Gasteiger partial charge in [0.2, 0.25) is 0 Å². The first-order valence-corrected chi connectivity index (χ1v) is 8.21. The van der Waals surface area contributed by atoms with E-state index in [1.807, 2.05) is 6.92 Å². The average molecular weight is 284 g/mol. The molecule has 1 fully saturated rings. The summed E-state index contributed by atoms with van der Waals surface area (Å²) in [4.78, 5) is 14.3. The van der Waals surface area contributed by atoms with E-state index in [0.29, 0.717) is 13.0 Å². The molecule has 0 saturated carbocycles. The van der Waals surface area contributed by atoms with Crippen LogP contribution in [-0.4, -0.2) is 42.1 Å². The van der Waals surface area contributed by atoms with Gasteiger partial charge >= 0.3 is 5.97 Å². The maximum absolute atomic E-state index is 11.8. The topological polar surface area (TPSA) is 55.6 Å². The van der Waals surface area contributed by atoms with Crippen molar-refractivity contribution in [2.45, 2.75) is 77.3 Å². The van der Waals surface area contributed by atoms with Gasteiger partial charge in [-0.25, -0.2) is 0 Å². The van der Waals surface area contributed by atoms with Crippen molar-refractivity contribution < 1.29 is 9.53 Å². The third-order valence-corrected chi connectivity index (χ3v) is 4.25. The molecule has 2 atom stereocenters. The number of carbonyl (C=O) groups excluding carboxylic acids is 1. The second kappa shape index (κ2) is 8.63. The molecule has 1 saturated heterocycles. The molecule has 20 heavy (non-hydrogen) atoms. The minimum absolute atomic E-state index is 0.274. The second-order valence-corrected chi connectivity index (χ2v) is 6.22. The summed E-state index contributed by atoms with van der Waals surface area (Å²) in [6.07, 6.45) is 8.19. The molecule has 0 spiro atoms. The molecule has 4 heteroatoms. The molecule has 2 unspecified atom stereocenters. The first-order valence-electron chi connectivity index (χ1n) is 8.21. The number of nitrogens with zero attached hydrogens (tertiary/aromatic N) is 1. The van der Waals surface area contributed by atoms with Gasteiger partial charge in [-0.15, -0.1) is 0 Å². The molecular weight excluding hydrogens is 252 g/mol. The van der Waals surface area contributed by atoms with Gasteiger partial charge in [0.25, 0.3) is 0 Å². The van der Waals surface area contributed by atoms with Crippen LogP contribution in [-0.2, 0) is 9.53 Å². The van der Waals surface area contributed by atoms with Gasteiger partial charge in [0, 0.05) is 6.04 Å². The standard InChI is InChI=1S/C16H32N2O2/c1-4-9-14-10-6-7-12-18(14)13-8-11-16(3,17)15(19)20-5-2/h14H,4-13,17H2,1-3H3. The van der Waals surface area contributed by atoms with Crippen LogP contribution in [0.1, 0.15) is 65.7 Å². The summed E-state index contributed by atoms with van der Waals surface area (Å²) >= 11 is 0. The van der Waals surface area contributed by atoms with Gasteiger partial charge in [-0.1, -0.05) is 19.8 Å². The number of piperidine rings is 1. The Labute approximate surface area is 124 Å². The van der Waals surface area contributed by atoms with E-state index in [2.05, 4.69) is 11.8 Å². The van der Waals surface area contributed by atoms with E-state index in [-0.39, 0.29) is 5.97 Å². The highest BCUT2D eigenvalue weighted by Crippen LogP contribution is 2.22. The Bertz CT molecular complexity index is 290. The normalized spacial score (nSPS) is 23.3. The zero-order chi connectivity index (χ0) is 15.0. The Balaban J connectivity index is 2.36. The molecular formula is C16H32N2O2. The number of likely N-dealkylation sites (tertiary alicyclic amines) is 1. The molecule has 0 amide bonds. The van der Waals surface area contributed by atoms with Crippen LogP contribution in [0.5, 0.6) is 0 Å². The van der Waals surface area contributed by atoms with Gasteiger partial charge in [-0.2, -0.15) is 0 Å².